The minimum atomic E-state index is -0.536. The zero-order valence-corrected chi connectivity index (χ0v) is 12.0. The van der Waals surface area contributed by atoms with Crippen LogP contribution in [0, 0.1) is 0 Å². The Hall–Kier alpha value is -3.02. The van der Waals surface area contributed by atoms with Gasteiger partial charge in [-0.15, -0.1) is 0 Å². The van der Waals surface area contributed by atoms with Crippen molar-refractivity contribution in [1.82, 2.24) is 9.38 Å². The zero-order valence-electron chi connectivity index (χ0n) is 12.0. The normalized spacial score (nSPS) is 11.5. The Bertz CT molecular complexity index is 1080. The molecule has 110 valence electrons. The Labute approximate surface area is 124 Å². The van der Waals surface area contributed by atoms with Crippen molar-refractivity contribution in [2.75, 3.05) is 14.2 Å². The van der Waals surface area contributed by atoms with Crippen LogP contribution < -0.4 is 15.0 Å². The van der Waals surface area contributed by atoms with Crippen molar-refractivity contribution in [2.45, 2.75) is 0 Å². The van der Waals surface area contributed by atoms with E-state index in [0.717, 1.165) is 10.8 Å². The van der Waals surface area contributed by atoms with E-state index in [1.165, 1.54) is 11.5 Å². The van der Waals surface area contributed by atoms with Gasteiger partial charge in [-0.2, -0.15) is 0 Å². The summed E-state index contributed by atoms with van der Waals surface area (Å²) in [4.78, 5) is 16.8. The summed E-state index contributed by atoms with van der Waals surface area (Å²) in [5, 5.41) is 11.9. The third kappa shape index (κ3) is 1.38. The van der Waals surface area contributed by atoms with Crippen molar-refractivity contribution >= 4 is 27.3 Å². The number of aromatic hydroxyl groups is 1. The van der Waals surface area contributed by atoms with Gasteiger partial charge in [0, 0.05) is 23.0 Å². The van der Waals surface area contributed by atoms with Gasteiger partial charge in [-0.1, -0.05) is 0 Å². The third-order valence-electron chi connectivity index (χ3n) is 3.92. The molecule has 0 bridgehead atoms. The Balaban J connectivity index is 2.39. The summed E-state index contributed by atoms with van der Waals surface area (Å²) in [5.41, 5.74) is 1.21. The maximum absolute atomic E-state index is 12.6. The lowest BCUT2D eigenvalue weighted by atomic mass is 10.1. The number of pyridine rings is 2. The first-order valence-electron chi connectivity index (χ1n) is 6.67. The molecule has 4 rings (SSSR count). The molecule has 6 nitrogen and oxygen atoms in total. The highest BCUT2D eigenvalue weighted by Gasteiger charge is 2.22. The molecule has 0 amide bonds. The molecule has 0 aliphatic rings. The smallest absolute Gasteiger partial charge is 0.301 e. The molecule has 1 N–H and O–H groups in total. The lowest BCUT2D eigenvalue weighted by Crippen LogP contribution is -2.13. The van der Waals surface area contributed by atoms with Crippen molar-refractivity contribution in [3.8, 4) is 17.2 Å². The molecule has 0 atom stereocenters. The van der Waals surface area contributed by atoms with Gasteiger partial charge >= 0.3 is 5.56 Å². The van der Waals surface area contributed by atoms with Crippen molar-refractivity contribution in [2.24, 2.45) is 0 Å². The molecule has 0 saturated carbocycles. The topological polar surface area (TPSA) is 73.1 Å². The molecule has 1 aromatic carbocycles. The van der Waals surface area contributed by atoms with Crippen LogP contribution in [0.1, 0.15) is 0 Å². The number of ether oxygens (including phenoxy) is 2. The fourth-order valence-corrected chi connectivity index (χ4v) is 2.95. The van der Waals surface area contributed by atoms with Gasteiger partial charge in [-0.25, -0.2) is 0 Å². The maximum Gasteiger partial charge on any atom is 0.301 e. The van der Waals surface area contributed by atoms with Crippen LogP contribution in [0.15, 0.2) is 35.3 Å². The van der Waals surface area contributed by atoms with E-state index in [1.54, 1.807) is 19.4 Å². The first kappa shape index (κ1) is 12.7. The standard InChI is InChI=1S/C16H12N2O4/c1-21-8-3-4-9-10-5-6-17-12-13(10)18(11(9)7-8)16(20)14(19)15(12)22-2/h3-7,19H,1-2H3. The molecule has 0 unspecified atom stereocenters. The number of nitrogens with zero attached hydrogens (tertiary/aromatic N) is 2. The minimum absolute atomic E-state index is 0.0953. The summed E-state index contributed by atoms with van der Waals surface area (Å²) >= 11 is 0. The largest absolute Gasteiger partial charge is 0.500 e. The summed E-state index contributed by atoms with van der Waals surface area (Å²) < 4.78 is 11.9. The van der Waals surface area contributed by atoms with Crippen LogP contribution in [0.5, 0.6) is 17.2 Å². The van der Waals surface area contributed by atoms with Crippen LogP contribution in [0.3, 0.4) is 0 Å². The number of methoxy groups -OCH3 is 2. The van der Waals surface area contributed by atoms with Crippen LogP contribution >= 0.6 is 0 Å². The number of rotatable bonds is 2. The van der Waals surface area contributed by atoms with Gasteiger partial charge in [0.15, 0.2) is 5.75 Å². The van der Waals surface area contributed by atoms with Gasteiger partial charge in [-0.3, -0.25) is 14.2 Å². The van der Waals surface area contributed by atoms with E-state index >= 15 is 0 Å². The Kier molecular flexibility index (Phi) is 2.45. The summed E-state index contributed by atoms with van der Waals surface area (Å²) in [5.74, 6) is 0.281. The van der Waals surface area contributed by atoms with Crippen molar-refractivity contribution in [3.05, 3.63) is 40.8 Å². The molecular weight excluding hydrogens is 284 g/mol. The van der Waals surface area contributed by atoms with Crippen molar-refractivity contribution in [3.63, 3.8) is 0 Å². The van der Waals surface area contributed by atoms with Crippen molar-refractivity contribution < 1.29 is 14.6 Å². The number of hydrogen-bond acceptors (Lipinski definition) is 5. The Morgan fingerprint density at radius 3 is 2.68 bits per heavy atom. The van der Waals surface area contributed by atoms with E-state index in [1.807, 2.05) is 18.2 Å². The first-order valence-corrected chi connectivity index (χ1v) is 6.67. The molecule has 22 heavy (non-hydrogen) atoms. The van der Waals surface area contributed by atoms with Gasteiger partial charge in [0.25, 0.3) is 0 Å². The summed E-state index contributed by atoms with van der Waals surface area (Å²) in [6, 6.07) is 7.33. The highest BCUT2D eigenvalue weighted by molar-refractivity contribution is 6.14. The molecule has 0 saturated heterocycles. The quantitative estimate of drug-likeness (QED) is 0.613. The summed E-state index contributed by atoms with van der Waals surface area (Å²) in [6.45, 7) is 0. The molecule has 0 aliphatic carbocycles. The lowest BCUT2D eigenvalue weighted by Gasteiger charge is -2.07. The average molecular weight is 296 g/mol. The molecule has 3 aromatic heterocycles. The van der Waals surface area contributed by atoms with E-state index in [9.17, 15) is 9.90 Å². The fourth-order valence-electron chi connectivity index (χ4n) is 2.95. The second-order valence-corrected chi connectivity index (χ2v) is 4.96. The molecule has 4 aromatic rings. The van der Waals surface area contributed by atoms with E-state index < -0.39 is 11.3 Å². The highest BCUT2D eigenvalue weighted by Crippen LogP contribution is 2.37. The average Bonchev–Trinajstić information content (AvgIpc) is 2.88. The van der Waals surface area contributed by atoms with Crippen LogP contribution in [-0.4, -0.2) is 28.7 Å². The van der Waals surface area contributed by atoms with Crippen LogP contribution in [-0.2, 0) is 0 Å². The van der Waals surface area contributed by atoms with Crippen molar-refractivity contribution in [1.29, 1.82) is 0 Å². The molecule has 0 fully saturated rings. The van der Waals surface area contributed by atoms with Gasteiger partial charge in [0.05, 0.1) is 25.3 Å². The number of hydrogen-bond donors (Lipinski definition) is 1. The fraction of sp³-hybridized carbons (Fsp3) is 0.125. The summed E-state index contributed by atoms with van der Waals surface area (Å²) in [7, 11) is 2.97. The van der Waals surface area contributed by atoms with Gasteiger partial charge in [0.1, 0.15) is 11.3 Å². The lowest BCUT2D eigenvalue weighted by molar-refractivity contribution is 0.373. The molecule has 0 spiro atoms. The third-order valence-corrected chi connectivity index (χ3v) is 3.92. The number of fused-ring (bicyclic) bond motifs is 3. The van der Waals surface area contributed by atoms with Gasteiger partial charge in [-0.05, 0) is 18.2 Å². The molecule has 0 radical (unpaired) electrons. The van der Waals surface area contributed by atoms with Crippen LogP contribution in [0.4, 0.5) is 0 Å². The Morgan fingerprint density at radius 2 is 1.95 bits per heavy atom. The second-order valence-electron chi connectivity index (χ2n) is 4.96. The number of aromatic nitrogens is 2. The maximum atomic E-state index is 12.6. The van der Waals surface area contributed by atoms with E-state index in [4.69, 9.17) is 9.47 Å². The van der Waals surface area contributed by atoms with Crippen LogP contribution in [0.25, 0.3) is 27.3 Å². The monoisotopic (exact) mass is 296 g/mol. The van der Waals surface area contributed by atoms with Gasteiger partial charge in [0.2, 0.25) is 5.75 Å². The zero-order chi connectivity index (χ0) is 15.4. The van der Waals surface area contributed by atoms with E-state index in [-0.39, 0.29) is 5.75 Å². The second kappa shape index (κ2) is 4.24. The van der Waals surface area contributed by atoms with Crippen LogP contribution in [0.2, 0.25) is 0 Å². The molecule has 0 aliphatic heterocycles. The first-order chi connectivity index (χ1) is 10.7. The molecule has 6 heteroatoms. The van der Waals surface area contributed by atoms with E-state index in [2.05, 4.69) is 4.98 Å². The van der Waals surface area contributed by atoms with Gasteiger partial charge < -0.3 is 14.6 Å². The predicted molar refractivity (Wildman–Crippen MR) is 82.4 cm³/mol. The molecular formula is C16H12N2O4. The summed E-state index contributed by atoms with van der Waals surface area (Å²) in [6.07, 6.45) is 1.63. The molecule has 3 heterocycles. The SMILES string of the molecule is COc1ccc2c3ccnc4c(OC)c(O)c(=O)n(c2c1)c43. The highest BCUT2D eigenvalue weighted by atomic mass is 16.5. The Morgan fingerprint density at radius 1 is 1.14 bits per heavy atom. The number of benzene rings is 1. The minimum Gasteiger partial charge on any atom is -0.500 e. The van der Waals surface area contributed by atoms with E-state index in [0.29, 0.717) is 22.3 Å². The predicted octanol–water partition coefficient (Wildman–Crippen LogP) is 2.16.